The van der Waals surface area contributed by atoms with Gasteiger partial charge < -0.3 is 19.5 Å². The molecule has 0 aliphatic carbocycles. The van der Waals surface area contributed by atoms with Gasteiger partial charge in [0, 0.05) is 18.2 Å². The van der Waals surface area contributed by atoms with Gasteiger partial charge in [-0.2, -0.15) is 0 Å². The fraction of sp³-hybridized carbons (Fsp3) is 0.458. The van der Waals surface area contributed by atoms with E-state index in [4.69, 9.17) is 25.8 Å². The summed E-state index contributed by atoms with van der Waals surface area (Å²) in [5.74, 6) is 1.33. The van der Waals surface area contributed by atoms with Gasteiger partial charge in [0.05, 0.1) is 13.2 Å². The number of carbonyl (C=O) groups excluding carboxylic acids is 1. The van der Waals surface area contributed by atoms with Crippen LogP contribution in [0.2, 0.25) is 5.02 Å². The highest BCUT2D eigenvalue weighted by molar-refractivity contribution is 6.30. The molecule has 1 amide bonds. The number of rotatable bonds is 12. The van der Waals surface area contributed by atoms with E-state index in [1.165, 1.54) is 0 Å². The summed E-state index contributed by atoms with van der Waals surface area (Å²) in [6.07, 6.45) is 1.68. The van der Waals surface area contributed by atoms with Crippen LogP contribution < -0.4 is 14.8 Å². The zero-order chi connectivity index (χ0) is 21.9. The molecule has 0 aliphatic heterocycles. The van der Waals surface area contributed by atoms with E-state index < -0.39 is 6.10 Å². The number of hydrogen-bond acceptors (Lipinski definition) is 4. The van der Waals surface area contributed by atoms with Crippen LogP contribution in [0.5, 0.6) is 11.5 Å². The van der Waals surface area contributed by atoms with E-state index in [1.807, 2.05) is 63.2 Å². The summed E-state index contributed by atoms with van der Waals surface area (Å²) < 4.78 is 16.8. The van der Waals surface area contributed by atoms with Gasteiger partial charge in [0.25, 0.3) is 0 Å². The minimum Gasteiger partial charge on any atom is -0.493 e. The molecule has 6 heteroatoms. The first-order chi connectivity index (χ1) is 14.4. The number of amides is 1. The summed E-state index contributed by atoms with van der Waals surface area (Å²) in [6, 6.07) is 13.5. The first-order valence-corrected chi connectivity index (χ1v) is 10.8. The predicted octanol–water partition coefficient (Wildman–Crippen LogP) is 4.83. The number of nitrogens with one attached hydrogen (secondary N) is 1. The molecule has 164 valence electrons. The average Bonchev–Trinajstić information content (AvgIpc) is 2.72. The van der Waals surface area contributed by atoms with Crippen molar-refractivity contribution in [2.24, 2.45) is 0 Å². The molecule has 0 saturated heterocycles. The predicted molar refractivity (Wildman–Crippen MR) is 121 cm³/mol. The molecule has 0 heterocycles. The molecule has 1 N–H and O–H groups in total. The fourth-order valence-electron chi connectivity index (χ4n) is 3.10. The van der Waals surface area contributed by atoms with Gasteiger partial charge in [-0.15, -0.1) is 0 Å². The van der Waals surface area contributed by atoms with Crippen LogP contribution in [0.1, 0.15) is 38.3 Å². The molecule has 2 aromatic carbocycles. The minimum atomic E-state index is -0.470. The molecule has 0 radical (unpaired) electrons. The van der Waals surface area contributed by atoms with E-state index in [2.05, 4.69) is 5.32 Å². The van der Waals surface area contributed by atoms with E-state index >= 15 is 0 Å². The molecule has 0 fully saturated rings. The summed E-state index contributed by atoms with van der Waals surface area (Å²) in [7, 11) is 1.63. The lowest BCUT2D eigenvalue weighted by Crippen LogP contribution is -2.37. The molecule has 1 atom stereocenters. The molecule has 0 bridgehead atoms. The number of methoxy groups -OCH3 is 1. The molecule has 0 aromatic heterocycles. The Morgan fingerprint density at radius 3 is 2.37 bits per heavy atom. The van der Waals surface area contributed by atoms with Crippen molar-refractivity contribution < 1.29 is 19.0 Å². The third kappa shape index (κ3) is 7.88. The second kappa shape index (κ2) is 12.5. The SMILES string of the molecule is CCO[C@@H](CCc1ccc(Cl)cc1)C(=O)NCCc1ccc(OC(C)C)c(OC)c1. The maximum atomic E-state index is 12.6. The van der Waals surface area contributed by atoms with Crippen molar-refractivity contribution in [3.63, 3.8) is 0 Å². The summed E-state index contributed by atoms with van der Waals surface area (Å²) in [5, 5.41) is 3.70. The topological polar surface area (TPSA) is 56.8 Å². The van der Waals surface area contributed by atoms with Crippen LogP contribution in [-0.2, 0) is 22.4 Å². The van der Waals surface area contributed by atoms with Crippen molar-refractivity contribution in [1.82, 2.24) is 5.32 Å². The third-order valence-corrected chi connectivity index (χ3v) is 4.82. The zero-order valence-corrected chi connectivity index (χ0v) is 19.0. The Morgan fingerprint density at radius 2 is 1.73 bits per heavy atom. The quantitative estimate of drug-likeness (QED) is 0.520. The van der Waals surface area contributed by atoms with Crippen LogP contribution in [0.15, 0.2) is 42.5 Å². The van der Waals surface area contributed by atoms with Gasteiger partial charge in [-0.05, 0) is 75.4 Å². The monoisotopic (exact) mass is 433 g/mol. The van der Waals surface area contributed by atoms with Crippen molar-refractivity contribution in [1.29, 1.82) is 0 Å². The molecule has 0 unspecified atom stereocenters. The second-order valence-corrected chi connectivity index (χ2v) is 7.74. The second-order valence-electron chi connectivity index (χ2n) is 7.30. The van der Waals surface area contributed by atoms with Gasteiger partial charge in [0.15, 0.2) is 11.5 Å². The Bertz CT molecular complexity index is 792. The Labute approximate surface area is 184 Å². The Balaban J connectivity index is 1.86. The Kier molecular flexibility index (Phi) is 9.98. The average molecular weight is 434 g/mol. The highest BCUT2D eigenvalue weighted by atomic mass is 35.5. The van der Waals surface area contributed by atoms with Crippen molar-refractivity contribution >= 4 is 17.5 Å². The van der Waals surface area contributed by atoms with Gasteiger partial charge in [-0.3, -0.25) is 4.79 Å². The minimum absolute atomic E-state index is 0.0763. The standard InChI is InChI=1S/C24H32ClNO4/c1-5-29-22(13-8-18-6-10-20(25)11-7-18)24(27)26-15-14-19-9-12-21(30-17(2)3)23(16-19)28-4/h6-7,9-12,16-17,22H,5,8,13-15H2,1-4H3,(H,26,27)/t22-/m0/s1. The largest absolute Gasteiger partial charge is 0.493 e. The maximum Gasteiger partial charge on any atom is 0.249 e. The molecular weight excluding hydrogens is 402 g/mol. The molecule has 0 spiro atoms. The highest BCUT2D eigenvalue weighted by Crippen LogP contribution is 2.29. The van der Waals surface area contributed by atoms with Crippen LogP contribution in [0.4, 0.5) is 0 Å². The summed E-state index contributed by atoms with van der Waals surface area (Å²) >= 11 is 5.93. The molecule has 0 saturated carbocycles. The number of carbonyl (C=O) groups is 1. The summed E-state index contributed by atoms with van der Waals surface area (Å²) in [5.41, 5.74) is 2.20. The smallest absolute Gasteiger partial charge is 0.249 e. The number of ether oxygens (including phenoxy) is 3. The van der Waals surface area contributed by atoms with E-state index in [9.17, 15) is 4.79 Å². The van der Waals surface area contributed by atoms with Gasteiger partial charge in [0.1, 0.15) is 6.10 Å². The molecule has 0 aliphatic rings. The van der Waals surface area contributed by atoms with Crippen LogP contribution in [0.25, 0.3) is 0 Å². The van der Waals surface area contributed by atoms with Crippen LogP contribution in [0, 0.1) is 0 Å². The fourth-order valence-corrected chi connectivity index (χ4v) is 3.23. The van der Waals surface area contributed by atoms with Crippen molar-refractivity contribution in [3.8, 4) is 11.5 Å². The van der Waals surface area contributed by atoms with E-state index in [0.717, 1.165) is 23.3 Å². The van der Waals surface area contributed by atoms with Gasteiger partial charge in [-0.25, -0.2) is 0 Å². The first-order valence-electron chi connectivity index (χ1n) is 10.4. The van der Waals surface area contributed by atoms with Crippen LogP contribution in [-0.4, -0.2) is 38.4 Å². The summed E-state index contributed by atoms with van der Waals surface area (Å²) in [6.45, 7) is 6.87. The van der Waals surface area contributed by atoms with Crippen molar-refractivity contribution in [2.45, 2.75) is 52.2 Å². The molecule has 5 nitrogen and oxygen atoms in total. The zero-order valence-electron chi connectivity index (χ0n) is 18.2. The van der Waals surface area contributed by atoms with E-state index in [-0.39, 0.29) is 12.0 Å². The highest BCUT2D eigenvalue weighted by Gasteiger charge is 2.18. The molecule has 2 aromatic rings. The molecule has 30 heavy (non-hydrogen) atoms. The number of aryl methyl sites for hydroxylation is 1. The lowest BCUT2D eigenvalue weighted by atomic mass is 10.1. The Hall–Kier alpha value is -2.24. The van der Waals surface area contributed by atoms with Crippen LogP contribution in [0.3, 0.4) is 0 Å². The maximum absolute atomic E-state index is 12.6. The lowest BCUT2D eigenvalue weighted by molar-refractivity contribution is -0.132. The van der Waals surface area contributed by atoms with Gasteiger partial charge >= 0.3 is 0 Å². The van der Waals surface area contributed by atoms with Crippen molar-refractivity contribution in [3.05, 3.63) is 58.6 Å². The third-order valence-electron chi connectivity index (χ3n) is 4.57. The van der Waals surface area contributed by atoms with Crippen LogP contribution >= 0.6 is 11.6 Å². The van der Waals surface area contributed by atoms with Gasteiger partial charge in [-0.1, -0.05) is 29.8 Å². The molecular formula is C24H32ClNO4. The van der Waals surface area contributed by atoms with Crippen molar-refractivity contribution in [2.75, 3.05) is 20.3 Å². The lowest BCUT2D eigenvalue weighted by Gasteiger charge is -2.17. The number of hydrogen-bond donors (Lipinski definition) is 1. The van der Waals surface area contributed by atoms with E-state index in [1.54, 1.807) is 7.11 Å². The summed E-state index contributed by atoms with van der Waals surface area (Å²) in [4.78, 5) is 12.6. The molecule has 2 rings (SSSR count). The van der Waals surface area contributed by atoms with E-state index in [0.29, 0.717) is 36.8 Å². The van der Waals surface area contributed by atoms with Gasteiger partial charge in [0.2, 0.25) is 5.91 Å². The Morgan fingerprint density at radius 1 is 1.03 bits per heavy atom. The number of benzene rings is 2. The number of halogens is 1. The first kappa shape index (κ1) is 24.0. The normalized spacial score (nSPS) is 11.9.